The van der Waals surface area contributed by atoms with E-state index in [-0.39, 0.29) is 28.5 Å². The molecule has 0 radical (unpaired) electrons. The van der Waals surface area contributed by atoms with Gasteiger partial charge in [-0.3, -0.25) is 4.57 Å². The van der Waals surface area contributed by atoms with E-state index in [0.29, 0.717) is 0 Å². The topological polar surface area (TPSA) is 164 Å². The van der Waals surface area contributed by atoms with Gasteiger partial charge < -0.3 is 25.8 Å². The van der Waals surface area contributed by atoms with Crippen molar-refractivity contribution in [2.75, 3.05) is 17.8 Å². The average molecular weight is 403 g/mol. The molecule has 1 aliphatic rings. The zero-order chi connectivity index (χ0) is 20.5. The molecule has 1 fully saturated rings. The van der Waals surface area contributed by atoms with Crippen LogP contribution >= 0.6 is 0 Å². The highest BCUT2D eigenvalue weighted by Gasteiger charge is 2.45. The first-order chi connectivity index (χ1) is 14.0. The number of ether oxygens (including phenoxy) is 1. The number of benzene rings is 1. The Hall–Kier alpha value is -3.19. The van der Waals surface area contributed by atoms with Gasteiger partial charge in [0.25, 0.3) is 0 Å². The number of hydrazone groups is 1. The second-order valence-corrected chi connectivity index (χ2v) is 6.36. The largest absolute Gasteiger partial charge is 0.394 e. The van der Waals surface area contributed by atoms with Gasteiger partial charge in [-0.15, -0.1) is 0 Å². The number of hydrogen-bond acceptors (Lipinski definition) is 10. The Morgan fingerprint density at radius 1 is 1.28 bits per heavy atom. The first-order valence-corrected chi connectivity index (χ1v) is 8.65. The number of fused-ring (bicyclic) bond motifs is 1. The summed E-state index contributed by atoms with van der Waals surface area (Å²) >= 11 is 0. The number of anilines is 2. The van der Waals surface area contributed by atoms with Crippen LogP contribution in [0.3, 0.4) is 0 Å². The maximum Gasteiger partial charge on any atom is 0.228 e. The first kappa shape index (κ1) is 19.1. The number of aliphatic hydroxyl groups is 3. The van der Waals surface area contributed by atoms with Gasteiger partial charge in [0.1, 0.15) is 30.5 Å². The van der Waals surface area contributed by atoms with Gasteiger partial charge in [0.2, 0.25) is 5.95 Å². The average Bonchev–Trinajstić information content (AvgIpc) is 3.22. The molecule has 11 nitrogen and oxygen atoms in total. The van der Waals surface area contributed by atoms with Crippen molar-refractivity contribution in [1.29, 1.82) is 0 Å². The Labute approximate surface area is 163 Å². The monoisotopic (exact) mass is 403 g/mol. The lowest BCUT2D eigenvalue weighted by Gasteiger charge is -2.18. The van der Waals surface area contributed by atoms with Crippen molar-refractivity contribution in [2.24, 2.45) is 5.10 Å². The molecule has 12 heteroatoms. The highest BCUT2D eigenvalue weighted by molar-refractivity contribution is 5.84. The number of imidazole rings is 1. The van der Waals surface area contributed by atoms with E-state index in [4.69, 9.17) is 10.5 Å². The molecule has 4 rings (SSSR count). The van der Waals surface area contributed by atoms with E-state index in [9.17, 15) is 19.7 Å². The number of aliphatic hydroxyl groups excluding tert-OH is 3. The number of hydrogen-bond donors (Lipinski definition) is 5. The van der Waals surface area contributed by atoms with Crippen molar-refractivity contribution in [3.63, 3.8) is 0 Å². The van der Waals surface area contributed by atoms with Crippen LogP contribution in [0.15, 0.2) is 35.7 Å². The molecule has 152 valence electrons. The van der Waals surface area contributed by atoms with Crippen LogP contribution in [0, 0.1) is 5.82 Å². The van der Waals surface area contributed by atoms with Gasteiger partial charge in [-0.05, 0) is 6.07 Å². The third-order valence-corrected chi connectivity index (χ3v) is 4.55. The third-order valence-electron chi connectivity index (χ3n) is 4.55. The molecule has 6 N–H and O–H groups in total. The Kier molecular flexibility index (Phi) is 5.07. The summed E-state index contributed by atoms with van der Waals surface area (Å²) in [5.41, 5.74) is 9.18. The van der Waals surface area contributed by atoms with E-state index in [1.54, 1.807) is 18.2 Å². The molecule has 1 aliphatic heterocycles. The van der Waals surface area contributed by atoms with Crippen molar-refractivity contribution in [3.8, 4) is 0 Å². The number of nitrogens with two attached hydrogens (primary N) is 1. The van der Waals surface area contributed by atoms with Crippen molar-refractivity contribution >= 4 is 29.1 Å². The second-order valence-electron chi connectivity index (χ2n) is 6.36. The minimum absolute atomic E-state index is 0.0645. The van der Waals surface area contributed by atoms with E-state index in [1.807, 2.05) is 0 Å². The van der Waals surface area contributed by atoms with Crippen molar-refractivity contribution in [1.82, 2.24) is 19.5 Å². The number of aromatic nitrogens is 4. The summed E-state index contributed by atoms with van der Waals surface area (Å²) in [5, 5.41) is 33.8. The standard InChI is InChI=1S/C17H18FN7O4/c18-9-4-2-1-3-8(9)5-22-24-17-23-11-14(19)20-7-21-15(11)25(17)16-13(28)12(27)10(6-26)29-16/h1-5,7,10,12-13,16,26-28H,6H2,(H,23,24)(H2,19,20,21). The number of nitrogens with zero attached hydrogens (tertiary/aromatic N) is 5. The fraction of sp³-hybridized carbons (Fsp3) is 0.294. The molecule has 0 bridgehead atoms. The quantitative estimate of drug-likeness (QED) is 0.282. The van der Waals surface area contributed by atoms with Gasteiger partial charge in [0.05, 0.1) is 12.8 Å². The first-order valence-electron chi connectivity index (χ1n) is 8.65. The minimum Gasteiger partial charge on any atom is -0.394 e. The second kappa shape index (κ2) is 7.67. The summed E-state index contributed by atoms with van der Waals surface area (Å²) in [4.78, 5) is 12.3. The number of halogens is 1. The zero-order valence-corrected chi connectivity index (χ0v) is 14.9. The van der Waals surface area contributed by atoms with Gasteiger partial charge in [-0.1, -0.05) is 18.2 Å². The number of rotatable bonds is 5. The Bertz CT molecular complexity index is 1060. The Morgan fingerprint density at radius 3 is 2.79 bits per heavy atom. The van der Waals surface area contributed by atoms with Crippen molar-refractivity contribution < 1.29 is 24.4 Å². The van der Waals surface area contributed by atoms with Gasteiger partial charge in [0, 0.05) is 5.56 Å². The lowest BCUT2D eigenvalue weighted by Crippen LogP contribution is -2.33. The van der Waals surface area contributed by atoms with Gasteiger partial charge in [-0.2, -0.15) is 5.10 Å². The molecule has 29 heavy (non-hydrogen) atoms. The van der Waals surface area contributed by atoms with E-state index in [1.165, 1.54) is 23.2 Å². The van der Waals surface area contributed by atoms with Crippen LogP contribution in [0.4, 0.5) is 16.2 Å². The van der Waals surface area contributed by atoms with Crippen LogP contribution in [-0.2, 0) is 4.74 Å². The molecular formula is C17H18FN7O4. The molecule has 3 heterocycles. The smallest absolute Gasteiger partial charge is 0.228 e. The molecule has 1 saturated heterocycles. The minimum atomic E-state index is -1.38. The maximum atomic E-state index is 13.8. The van der Waals surface area contributed by atoms with Crippen molar-refractivity contribution in [3.05, 3.63) is 42.0 Å². The van der Waals surface area contributed by atoms with Crippen LogP contribution in [-0.4, -0.2) is 66.0 Å². The third kappa shape index (κ3) is 3.38. The van der Waals surface area contributed by atoms with Crippen LogP contribution in [0.1, 0.15) is 11.8 Å². The molecule has 0 aliphatic carbocycles. The van der Waals surface area contributed by atoms with Gasteiger partial charge >= 0.3 is 0 Å². The molecule has 0 saturated carbocycles. The summed E-state index contributed by atoms with van der Waals surface area (Å²) in [6.07, 6.45) is -2.36. The molecule has 0 spiro atoms. The fourth-order valence-corrected chi connectivity index (χ4v) is 3.08. The molecule has 1 aromatic carbocycles. The fourth-order valence-electron chi connectivity index (χ4n) is 3.08. The van der Waals surface area contributed by atoms with E-state index >= 15 is 0 Å². The molecule has 2 aromatic heterocycles. The van der Waals surface area contributed by atoms with Crippen LogP contribution in [0.25, 0.3) is 11.2 Å². The van der Waals surface area contributed by atoms with Crippen LogP contribution in [0.2, 0.25) is 0 Å². The molecule has 3 aromatic rings. The van der Waals surface area contributed by atoms with Gasteiger partial charge in [-0.25, -0.2) is 24.8 Å². The lowest BCUT2D eigenvalue weighted by molar-refractivity contribution is -0.0501. The predicted molar refractivity (Wildman–Crippen MR) is 100 cm³/mol. The van der Waals surface area contributed by atoms with Crippen LogP contribution < -0.4 is 11.2 Å². The SMILES string of the molecule is Nc1ncnc2c1nc(NN=Cc1ccccc1F)n2C1OC(CO)C(O)C1O. The molecule has 4 atom stereocenters. The Morgan fingerprint density at radius 2 is 2.07 bits per heavy atom. The molecular weight excluding hydrogens is 385 g/mol. The van der Waals surface area contributed by atoms with Crippen molar-refractivity contribution in [2.45, 2.75) is 24.5 Å². The van der Waals surface area contributed by atoms with E-state index < -0.39 is 37.0 Å². The predicted octanol–water partition coefficient (Wildman–Crippen LogP) is -0.395. The lowest BCUT2D eigenvalue weighted by atomic mass is 10.1. The normalized spacial score (nSPS) is 24.6. The van der Waals surface area contributed by atoms with E-state index in [2.05, 4.69) is 25.5 Å². The highest BCUT2D eigenvalue weighted by atomic mass is 19.1. The summed E-state index contributed by atoms with van der Waals surface area (Å²) in [6, 6.07) is 6.06. The molecule has 4 unspecified atom stereocenters. The molecule has 0 amide bonds. The van der Waals surface area contributed by atoms with Gasteiger partial charge in [0.15, 0.2) is 23.2 Å². The number of nitrogen functional groups attached to an aromatic ring is 1. The summed E-state index contributed by atoms with van der Waals surface area (Å²) in [6.45, 7) is -0.493. The van der Waals surface area contributed by atoms with Crippen LogP contribution in [0.5, 0.6) is 0 Å². The number of nitrogens with one attached hydrogen (secondary N) is 1. The maximum absolute atomic E-state index is 13.8. The van der Waals surface area contributed by atoms with E-state index in [0.717, 1.165) is 0 Å². The summed E-state index contributed by atoms with van der Waals surface area (Å²) < 4.78 is 20.7. The summed E-state index contributed by atoms with van der Waals surface area (Å²) in [5.74, 6) is -0.304. The zero-order valence-electron chi connectivity index (χ0n) is 14.9. The Balaban J connectivity index is 1.73. The highest BCUT2D eigenvalue weighted by Crippen LogP contribution is 2.35. The summed E-state index contributed by atoms with van der Waals surface area (Å²) in [7, 11) is 0.